The zero-order valence-corrected chi connectivity index (χ0v) is 14.1. The molecule has 1 amide bonds. The van der Waals surface area contributed by atoms with Gasteiger partial charge in [0.05, 0.1) is 12.6 Å². The van der Waals surface area contributed by atoms with Gasteiger partial charge >= 0.3 is 0 Å². The van der Waals surface area contributed by atoms with E-state index in [1.807, 2.05) is 12.1 Å². The first-order valence-electron chi connectivity index (χ1n) is 7.81. The highest BCUT2D eigenvalue weighted by atomic mass is 35.5. The number of halogens is 1. The van der Waals surface area contributed by atoms with E-state index in [1.165, 1.54) is 18.4 Å². The van der Waals surface area contributed by atoms with Crippen molar-refractivity contribution in [1.82, 2.24) is 5.32 Å². The largest absolute Gasteiger partial charge is 0.497 e. The maximum Gasteiger partial charge on any atom is 0.220 e. The minimum atomic E-state index is -0.128. The number of hydrogen-bond donors (Lipinski definition) is 2. The molecule has 0 bridgehead atoms. The number of carbonyl (C=O) groups excluding carboxylic acids is 1. The first-order valence-corrected chi connectivity index (χ1v) is 7.81. The number of aryl methyl sites for hydroxylation is 1. The highest BCUT2D eigenvalue weighted by Crippen LogP contribution is 2.28. The molecule has 0 radical (unpaired) electrons. The van der Waals surface area contributed by atoms with Crippen molar-refractivity contribution in [3.8, 4) is 5.75 Å². The van der Waals surface area contributed by atoms with Gasteiger partial charge in [-0.15, -0.1) is 12.4 Å². The summed E-state index contributed by atoms with van der Waals surface area (Å²) in [5.74, 6) is 0.999. The molecular formula is C17H27ClN2O2. The third-order valence-corrected chi connectivity index (χ3v) is 4.38. The molecule has 0 atom stereocenters. The van der Waals surface area contributed by atoms with Crippen LogP contribution in [0, 0.1) is 0 Å². The predicted molar refractivity (Wildman–Crippen MR) is 91.6 cm³/mol. The molecule has 2 rings (SSSR count). The molecule has 124 valence electrons. The van der Waals surface area contributed by atoms with Crippen molar-refractivity contribution >= 4 is 18.3 Å². The summed E-state index contributed by atoms with van der Waals surface area (Å²) in [7, 11) is 1.66. The topological polar surface area (TPSA) is 64.3 Å². The summed E-state index contributed by atoms with van der Waals surface area (Å²) in [6.07, 6.45) is 6.72. The maximum absolute atomic E-state index is 12.1. The van der Waals surface area contributed by atoms with Gasteiger partial charge < -0.3 is 15.8 Å². The Bertz CT molecular complexity index is 456. The number of amides is 1. The van der Waals surface area contributed by atoms with Gasteiger partial charge in [0.2, 0.25) is 5.91 Å². The van der Waals surface area contributed by atoms with Crippen LogP contribution in [0.15, 0.2) is 24.3 Å². The van der Waals surface area contributed by atoms with E-state index in [2.05, 4.69) is 17.4 Å². The van der Waals surface area contributed by atoms with Gasteiger partial charge in [0.15, 0.2) is 0 Å². The fourth-order valence-electron chi connectivity index (χ4n) is 3.04. The molecule has 1 aromatic carbocycles. The molecule has 0 aliphatic heterocycles. The molecule has 0 spiro atoms. The standard InChI is InChI=1S/C17H26N2O2.ClH/c1-21-15-9-7-14(8-10-15)5-4-6-16(20)19-17(13-18)11-2-3-12-17;/h7-10H,2-6,11-13,18H2,1H3,(H,19,20);1H. The number of nitrogens with one attached hydrogen (secondary N) is 1. The third kappa shape index (κ3) is 5.18. The molecule has 0 aromatic heterocycles. The second-order valence-electron chi connectivity index (χ2n) is 5.94. The quantitative estimate of drug-likeness (QED) is 0.809. The molecule has 5 heteroatoms. The van der Waals surface area contributed by atoms with Gasteiger partial charge in [0.1, 0.15) is 5.75 Å². The summed E-state index contributed by atoms with van der Waals surface area (Å²) in [5.41, 5.74) is 6.94. The van der Waals surface area contributed by atoms with Crippen LogP contribution < -0.4 is 15.8 Å². The van der Waals surface area contributed by atoms with E-state index in [1.54, 1.807) is 7.11 Å². The van der Waals surface area contributed by atoms with Gasteiger partial charge in [-0.2, -0.15) is 0 Å². The van der Waals surface area contributed by atoms with E-state index in [-0.39, 0.29) is 23.9 Å². The Morgan fingerprint density at radius 2 is 1.91 bits per heavy atom. The van der Waals surface area contributed by atoms with Crippen LogP contribution in [0.25, 0.3) is 0 Å². The Balaban J connectivity index is 0.00000242. The lowest BCUT2D eigenvalue weighted by atomic mass is 9.97. The molecule has 1 aliphatic carbocycles. The van der Waals surface area contributed by atoms with Gasteiger partial charge in [-0.1, -0.05) is 25.0 Å². The summed E-state index contributed by atoms with van der Waals surface area (Å²) in [4.78, 5) is 12.1. The van der Waals surface area contributed by atoms with Crippen molar-refractivity contribution in [3.05, 3.63) is 29.8 Å². The molecule has 4 nitrogen and oxygen atoms in total. The summed E-state index contributed by atoms with van der Waals surface area (Å²) < 4.78 is 5.13. The van der Waals surface area contributed by atoms with Gasteiger partial charge in [-0.25, -0.2) is 0 Å². The van der Waals surface area contributed by atoms with Crippen LogP contribution in [0.3, 0.4) is 0 Å². The summed E-state index contributed by atoms with van der Waals surface area (Å²) in [6, 6.07) is 8.01. The molecule has 1 saturated carbocycles. The summed E-state index contributed by atoms with van der Waals surface area (Å²) >= 11 is 0. The maximum atomic E-state index is 12.1. The number of carbonyl (C=O) groups is 1. The Kier molecular flexibility index (Phi) is 7.69. The van der Waals surface area contributed by atoms with E-state index in [0.29, 0.717) is 13.0 Å². The van der Waals surface area contributed by atoms with Crippen molar-refractivity contribution < 1.29 is 9.53 Å². The van der Waals surface area contributed by atoms with Crippen molar-refractivity contribution in [2.24, 2.45) is 5.73 Å². The fraction of sp³-hybridized carbons (Fsp3) is 0.588. The van der Waals surface area contributed by atoms with Gasteiger partial charge in [0, 0.05) is 13.0 Å². The van der Waals surface area contributed by atoms with Crippen LogP contribution in [-0.4, -0.2) is 25.1 Å². The number of benzene rings is 1. The second kappa shape index (κ2) is 9.01. The molecule has 3 N–H and O–H groups in total. The lowest BCUT2D eigenvalue weighted by Gasteiger charge is -2.28. The first-order chi connectivity index (χ1) is 10.2. The monoisotopic (exact) mass is 326 g/mol. The lowest BCUT2D eigenvalue weighted by Crippen LogP contribution is -2.51. The Morgan fingerprint density at radius 1 is 1.27 bits per heavy atom. The molecule has 0 saturated heterocycles. The zero-order chi connectivity index (χ0) is 15.1. The smallest absolute Gasteiger partial charge is 0.220 e. The molecule has 1 fully saturated rings. The van der Waals surface area contributed by atoms with Crippen LogP contribution in [-0.2, 0) is 11.2 Å². The van der Waals surface area contributed by atoms with Crippen LogP contribution in [0.1, 0.15) is 44.1 Å². The van der Waals surface area contributed by atoms with Crippen molar-refractivity contribution in [2.75, 3.05) is 13.7 Å². The predicted octanol–water partition coefficient (Wildman–Crippen LogP) is 2.83. The van der Waals surface area contributed by atoms with Gasteiger partial charge in [-0.3, -0.25) is 4.79 Å². The fourth-order valence-corrected chi connectivity index (χ4v) is 3.04. The highest BCUT2D eigenvalue weighted by Gasteiger charge is 2.33. The minimum absolute atomic E-state index is 0. The number of rotatable bonds is 7. The van der Waals surface area contributed by atoms with Crippen LogP contribution in [0.4, 0.5) is 0 Å². The molecule has 0 unspecified atom stereocenters. The zero-order valence-electron chi connectivity index (χ0n) is 13.3. The number of nitrogens with two attached hydrogens (primary N) is 1. The normalized spacial score (nSPS) is 15.9. The average Bonchev–Trinajstić information content (AvgIpc) is 2.97. The number of hydrogen-bond acceptors (Lipinski definition) is 3. The van der Waals surface area contributed by atoms with Gasteiger partial charge in [-0.05, 0) is 43.4 Å². The van der Waals surface area contributed by atoms with Crippen molar-refractivity contribution in [1.29, 1.82) is 0 Å². The molecule has 0 heterocycles. The summed E-state index contributed by atoms with van der Waals surface area (Å²) in [5, 5.41) is 3.16. The van der Waals surface area contributed by atoms with E-state index in [0.717, 1.165) is 31.4 Å². The number of ether oxygens (including phenoxy) is 1. The van der Waals surface area contributed by atoms with E-state index in [9.17, 15) is 4.79 Å². The minimum Gasteiger partial charge on any atom is -0.497 e. The molecule has 1 aliphatic rings. The first kappa shape index (κ1) is 18.8. The van der Waals surface area contributed by atoms with Crippen LogP contribution in [0.5, 0.6) is 5.75 Å². The molecule has 1 aromatic rings. The van der Waals surface area contributed by atoms with Crippen molar-refractivity contribution in [3.63, 3.8) is 0 Å². The second-order valence-corrected chi connectivity index (χ2v) is 5.94. The highest BCUT2D eigenvalue weighted by molar-refractivity contribution is 5.85. The third-order valence-electron chi connectivity index (χ3n) is 4.38. The average molecular weight is 327 g/mol. The van der Waals surface area contributed by atoms with E-state index >= 15 is 0 Å². The van der Waals surface area contributed by atoms with E-state index in [4.69, 9.17) is 10.5 Å². The molecule has 22 heavy (non-hydrogen) atoms. The Labute approximate surface area is 139 Å². The van der Waals surface area contributed by atoms with Crippen molar-refractivity contribution in [2.45, 2.75) is 50.5 Å². The Hall–Kier alpha value is -1.26. The number of methoxy groups -OCH3 is 1. The van der Waals surface area contributed by atoms with E-state index < -0.39 is 0 Å². The van der Waals surface area contributed by atoms with Gasteiger partial charge in [0.25, 0.3) is 0 Å². The SMILES string of the molecule is COc1ccc(CCCC(=O)NC2(CN)CCCC2)cc1.Cl. The Morgan fingerprint density at radius 3 is 2.45 bits per heavy atom. The van der Waals surface area contributed by atoms with Crippen LogP contribution in [0.2, 0.25) is 0 Å². The van der Waals surface area contributed by atoms with Crippen LogP contribution >= 0.6 is 12.4 Å². The molecular weight excluding hydrogens is 300 g/mol. The lowest BCUT2D eigenvalue weighted by molar-refractivity contribution is -0.123. The summed E-state index contributed by atoms with van der Waals surface area (Å²) in [6.45, 7) is 0.553.